The number of nitrogens with zero attached hydrogens (tertiary/aromatic N) is 4. The van der Waals surface area contributed by atoms with Gasteiger partial charge in [-0.15, -0.1) is 0 Å². The van der Waals surface area contributed by atoms with Crippen molar-refractivity contribution in [3.8, 4) is 11.5 Å². The first-order chi connectivity index (χ1) is 10.6. The number of sulfonamides is 1. The summed E-state index contributed by atoms with van der Waals surface area (Å²) in [6.45, 7) is 0.999. The average Bonchev–Trinajstić information content (AvgIpc) is 2.91. The highest BCUT2D eigenvalue weighted by Gasteiger charge is 2.43. The van der Waals surface area contributed by atoms with Crippen molar-refractivity contribution in [3.05, 3.63) is 24.2 Å². The number of aromatic nitrogens is 3. The van der Waals surface area contributed by atoms with Crippen molar-refractivity contribution in [2.75, 3.05) is 13.1 Å². The van der Waals surface area contributed by atoms with Gasteiger partial charge in [-0.2, -0.15) is 4.98 Å². The van der Waals surface area contributed by atoms with E-state index in [-0.39, 0.29) is 11.2 Å². The first-order valence-electron chi connectivity index (χ1n) is 7.50. The first-order valence-corrected chi connectivity index (χ1v) is 9.00. The van der Waals surface area contributed by atoms with Crippen LogP contribution in [0.25, 0.3) is 11.5 Å². The molecule has 2 fully saturated rings. The Morgan fingerprint density at radius 2 is 2.14 bits per heavy atom. The molecule has 0 radical (unpaired) electrons. The Balaban J connectivity index is 1.52. The van der Waals surface area contributed by atoms with Crippen LogP contribution in [0.1, 0.15) is 31.1 Å². The molecule has 1 saturated carbocycles. The van der Waals surface area contributed by atoms with Gasteiger partial charge in [0.15, 0.2) is 0 Å². The Bertz CT molecular complexity index is 791. The smallest absolute Gasteiger partial charge is 0.231 e. The molecule has 118 valence electrons. The van der Waals surface area contributed by atoms with Gasteiger partial charge < -0.3 is 9.09 Å². The van der Waals surface area contributed by atoms with Gasteiger partial charge in [-0.25, -0.2) is 12.7 Å². The molecule has 0 aromatic carbocycles. The maximum atomic E-state index is 12.3. The van der Waals surface area contributed by atoms with Crippen LogP contribution in [0.2, 0.25) is 0 Å². The molecule has 0 spiro atoms. The third-order valence-corrected chi connectivity index (χ3v) is 6.79. The fraction of sp³-hybridized carbons (Fsp3) is 0.571. The Morgan fingerprint density at radius 1 is 1.32 bits per heavy atom. The van der Waals surface area contributed by atoms with E-state index in [2.05, 4.69) is 10.1 Å². The second-order valence-electron chi connectivity index (χ2n) is 6.05. The maximum absolute atomic E-state index is 12.3. The second-order valence-corrected chi connectivity index (χ2v) is 8.26. The molecule has 2 aromatic rings. The zero-order valence-corrected chi connectivity index (χ0v) is 13.2. The Labute approximate surface area is 129 Å². The van der Waals surface area contributed by atoms with Gasteiger partial charge in [-0.1, -0.05) is 5.16 Å². The fourth-order valence-corrected chi connectivity index (χ4v) is 4.84. The molecule has 1 aliphatic heterocycles. The summed E-state index contributed by atoms with van der Waals surface area (Å²) < 4.78 is 33.4. The van der Waals surface area contributed by atoms with E-state index in [1.807, 2.05) is 29.9 Å². The topological polar surface area (TPSA) is 81.2 Å². The lowest BCUT2D eigenvalue weighted by molar-refractivity contribution is 0.354. The molecular weight excluding hydrogens is 304 g/mol. The highest BCUT2D eigenvalue weighted by molar-refractivity contribution is 7.90. The highest BCUT2D eigenvalue weighted by Crippen LogP contribution is 2.36. The van der Waals surface area contributed by atoms with E-state index in [0.717, 1.165) is 25.0 Å². The van der Waals surface area contributed by atoms with E-state index >= 15 is 0 Å². The van der Waals surface area contributed by atoms with Crippen molar-refractivity contribution in [3.63, 3.8) is 0 Å². The molecule has 0 N–H and O–H groups in total. The minimum absolute atomic E-state index is 0.00459. The molecule has 3 heterocycles. The van der Waals surface area contributed by atoms with Gasteiger partial charge in [0.1, 0.15) is 0 Å². The molecule has 2 aliphatic rings. The second kappa shape index (κ2) is 4.92. The van der Waals surface area contributed by atoms with Gasteiger partial charge >= 0.3 is 0 Å². The first kappa shape index (κ1) is 14.0. The maximum Gasteiger partial charge on any atom is 0.231 e. The van der Waals surface area contributed by atoms with E-state index in [9.17, 15) is 8.42 Å². The molecule has 4 rings (SSSR count). The number of hydrogen-bond donors (Lipinski definition) is 0. The molecule has 22 heavy (non-hydrogen) atoms. The molecule has 0 amide bonds. The van der Waals surface area contributed by atoms with Crippen LogP contribution in [0.15, 0.2) is 22.9 Å². The van der Waals surface area contributed by atoms with Gasteiger partial charge in [0.25, 0.3) is 0 Å². The zero-order chi connectivity index (χ0) is 15.3. The van der Waals surface area contributed by atoms with Crippen molar-refractivity contribution in [1.82, 2.24) is 19.0 Å². The van der Waals surface area contributed by atoms with E-state index < -0.39 is 10.0 Å². The molecular formula is C14H18N4O3S. The van der Waals surface area contributed by atoms with E-state index in [0.29, 0.717) is 24.8 Å². The molecule has 1 saturated heterocycles. The van der Waals surface area contributed by atoms with Crippen LogP contribution in [0.5, 0.6) is 0 Å². The van der Waals surface area contributed by atoms with Crippen LogP contribution in [0.3, 0.4) is 0 Å². The van der Waals surface area contributed by atoms with Crippen LogP contribution in [0.4, 0.5) is 0 Å². The summed E-state index contributed by atoms with van der Waals surface area (Å²) in [4.78, 5) is 4.45. The molecule has 7 nitrogen and oxygen atoms in total. The summed E-state index contributed by atoms with van der Waals surface area (Å²) in [5.74, 6) is 1.07. The van der Waals surface area contributed by atoms with Gasteiger partial charge in [0, 0.05) is 26.3 Å². The number of rotatable bonds is 4. The van der Waals surface area contributed by atoms with E-state index in [1.165, 1.54) is 0 Å². The SMILES string of the molecule is Cn1cccc1-c1noc(C2CCN(S(=O)(=O)C3CC3)C2)n1. The van der Waals surface area contributed by atoms with Gasteiger partial charge in [-0.3, -0.25) is 0 Å². The Hall–Kier alpha value is -1.67. The summed E-state index contributed by atoms with van der Waals surface area (Å²) in [5.41, 5.74) is 0.885. The van der Waals surface area contributed by atoms with Crippen LogP contribution < -0.4 is 0 Å². The molecule has 8 heteroatoms. The monoisotopic (exact) mass is 322 g/mol. The quantitative estimate of drug-likeness (QED) is 0.849. The number of aryl methyl sites for hydroxylation is 1. The van der Waals surface area contributed by atoms with Crippen LogP contribution in [0, 0.1) is 0 Å². The average molecular weight is 322 g/mol. The largest absolute Gasteiger partial charge is 0.348 e. The summed E-state index contributed by atoms with van der Waals surface area (Å²) in [7, 11) is -1.19. The summed E-state index contributed by atoms with van der Waals surface area (Å²) in [6.07, 6.45) is 4.25. The van der Waals surface area contributed by atoms with Crippen molar-refractivity contribution >= 4 is 10.0 Å². The molecule has 1 aliphatic carbocycles. The summed E-state index contributed by atoms with van der Waals surface area (Å²) in [6, 6.07) is 3.85. The van der Waals surface area contributed by atoms with E-state index in [1.54, 1.807) is 4.31 Å². The van der Waals surface area contributed by atoms with Crippen molar-refractivity contribution in [1.29, 1.82) is 0 Å². The fourth-order valence-electron chi connectivity index (χ4n) is 2.94. The van der Waals surface area contributed by atoms with Crippen molar-refractivity contribution < 1.29 is 12.9 Å². The minimum atomic E-state index is -3.11. The normalized spacial score (nSPS) is 23.2. The standard InChI is InChI=1S/C14H18N4O3S/c1-17-7-2-3-12(17)13-15-14(21-16-13)10-6-8-18(9-10)22(19,20)11-4-5-11/h2-3,7,10-11H,4-6,8-9H2,1H3. The third-order valence-electron chi connectivity index (χ3n) is 4.42. The van der Waals surface area contributed by atoms with Crippen LogP contribution in [-0.4, -0.2) is 45.8 Å². The lowest BCUT2D eigenvalue weighted by Gasteiger charge is -2.14. The van der Waals surface area contributed by atoms with Crippen LogP contribution >= 0.6 is 0 Å². The molecule has 2 aromatic heterocycles. The summed E-state index contributed by atoms with van der Waals surface area (Å²) >= 11 is 0. The van der Waals surface area contributed by atoms with Crippen molar-refractivity contribution in [2.45, 2.75) is 30.4 Å². The minimum Gasteiger partial charge on any atom is -0.348 e. The van der Waals surface area contributed by atoms with Gasteiger partial charge in [0.05, 0.1) is 16.9 Å². The van der Waals surface area contributed by atoms with E-state index in [4.69, 9.17) is 4.52 Å². The summed E-state index contributed by atoms with van der Waals surface area (Å²) in [5, 5.41) is 3.86. The van der Waals surface area contributed by atoms with Gasteiger partial charge in [-0.05, 0) is 31.4 Å². The highest BCUT2D eigenvalue weighted by atomic mass is 32.2. The van der Waals surface area contributed by atoms with Crippen LogP contribution in [-0.2, 0) is 17.1 Å². The zero-order valence-electron chi connectivity index (χ0n) is 12.3. The Morgan fingerprint density at radius 3 is 2.82 bits per heavy atom. The predicted octanol–water partition coefficient (Wildman–Crippen LogP) is 1.36. The predicted molar refractivity (Wildman–Crippen MR) is 79.6 cm³/mol. The van der Waals surface area contributed by atoms with Gasteiger partial charge in [0.2, 0.25) is 21.7 Å². The lowest BCUT2D eigenvalue weighted by Crippen LogP contribution is -2.31. The molecule has 1 atom stereocenters. The molecule has 1 unspecified atom stereocenters. The lowest BCUT2D eigenvalue weighted by atomic mass is 10.1. The Kier molecular flexibility index (Phi) is 3.12. The van der Waals surface area contributed by atoms with Crippen molar-refractivity contribution in [2.24, 2.45) is 7.05 Å². The number of hydrogen-bond acceptors (Lipinski definition) is 5. The third kappa shape index (κ3) is 2.26. The molecule has 0 bridgehead atoms.